The molecule has 1 amide bonds. The summed E-state index contributed by atoms with van der Waals surface area (Å²) in [4.78, 5) is 18.9. The molecule has 1 saturated heterocycles. The van der Waals surface area contributed by atoms with Crippen LogP contribution in [0, 0.1) is 18.7 Å². The van der Waals surface area contributed by atoms with Crippen LogP contribution in [-0.4, -0.2) is 28.9 Å². The first-order valence-electron chi connectivity index (χ1n) is 8.76. The molecule has 0 bridgehead atoms. The molecule has 0 radical (unpaired) electrons. The fourth-order valence-electron chi connectivity index (χ4n) is 3.24. The predicted octanol–water partition coefficient (Wildman–Crippen LogP) is 3.06. The maximum absolute atomic E-state index is 13.3. The summed E-state index contributed by atoms with van der Waals surface area (Å²) >= 11 is 0. The maximum atomic E-state index is 13.3. The third-order valence-electron chi connectivity index (χ3n) is 4.61. The molecule has 25 heavy (non-hydrogen) atoms. The van der Waals surface area contributed by atoms with E-state index in [1.165, 1.54) is 6.07 Å². The Kier molecular flexibility index (Phi) is 5.76. The Balaban J connectivity index is 1.51. The molecule has 1 aliphatic heterocycles. The van der Waals surface area contributed by atoms with Gasteiger partial charge in [0.05, 0.1) is 5.92 Å². The van der Waals surface area contributed by atoms with Crippen LogP contribution in [0.3, 0.4) is 0 Å². The number of rotatable bonds is 5. The molecule has 1 aromatic carbocycles. The zero-order chi connectivity index (χ0) is 17.6. The van der Waals surface area contributed by atoms with E-state index in [0.717, 1.165) is 36.2 Å². The summed E-state index contributed by atoms with van der Waals surface area (Å²) in [5.74, 6) is -0.138. The quantitative estimate of drug-likeness (QED) is 0.909. The standard InChI is InChI=1S/C20H24FN3O/c1-15-7-8-17(11-22-15)12-23-20(25)18-5-3-9-24(14-18)13-16-4-2-6-19(21)10-16/h2,4,6-8,10-11,18H,3,5,9,12-14H2,1H3,(H,23,25)/t18-/m1/s1. The van der Waals surface area contributed by atoms with Gasteiger partial charge in [-0.05, 0) is 55.6 Å². The van der Waals surface area contributed by atoms with Crippen LogP contribution in [0.4, 0.5) is 4.39 Å². The number of amides is 1. The van der Waals surface area contributed by atoms with Crippen molar-refractivity contribution in [2.45, 2.75) is 32.9 Å². The van der Waals surface area contributed by atoms with Crippen molar-refractivity contribution in [2.75, 3.05) is 13.1 Å². The summed E-state index contributed by atoms with van der Waals surface area (Å²) in [7, 11) is 0. The number of nitrogens with zero attached hydrogens (tertiary/aromatic N) is 2. The number of piperidine rings is 1. The number of likely N-dealkylation sites (tertiary alicyclic amines) is 1. The lowest BCUT2D eigenvalue weighted by Crippen LogP contribution is -2.42. The summed E-state index contributed by atoms with van der Waals surface area (Å²) < 4.78 is 13.3. The average Bonchev–Trinajstić information content (AvgIpc) is 2.61. The van der Waals surface area contributed by atoms with E-state index in [4.69, 9.17) is 0 Å². The Hall–Kier alpha value is -2.27. The van der Waals surface area contributed by atoms with Crippen molar-refractivity contribution in [2.24, 2.45) is 5.92 Å². The Bertz CT molecular complexity index is 717. The van der Waals surface area contributed by atoms with Gasteiger partial charge in [0.25, 0.3) is 0 Å². The van der Waals surface area contributed by atoms with E-state index in [2.05, 4.69) is 15.2 Å². The number of pyridine rings is 1. The summed E-state index contributed by atoms with van der Waals surface area (Å²) in [5, 5.41) is 3.02. The van der Waals surface area contributed by atoms with Crippen molar-refractivity contribution in [3.63, 3.8) is 0 Å². The third-order valence-corrected chi connectivity index (χ3v) is 4.61. The Morgan fingerprint density at radius 1 is 1.32 bits per heavy atom. The lowest BCUT2D eigenvalue weighted by atomic mass is 9.96. The summed E-state index contributed by atoms with van der Waals surface area (Å²) in [5.41, 5.74) is 2.92. The van der Waals surface area contributed by atoms with Crippen LogP contribution >= 0.6 is 0 Å². The number of halogens is 1. The Labute approximate surface area is 148 Å². The van der Waals surface area contributed by atoms with Crippen LogP contribution in [0.2, 0.25) is 0 Å². The summed E-state index contributed by atoms with van der Waals surface area (Å²) in [6, 6.07) is 10.6. The molecular weight excluding hydrogens is 317 g/mol. The van der Waals surface area contributed by atoms with Gasteiger partial charge >= 0.3 is 0 Å². The van der Waals surface area contributed by atoms with Crippen molar-refractivity contribution in [3.8, 4) is 0 Å². The molecule has 0 spiro atoms. The zero-order valence-electron chi connectivity index (χ0n) is 14.5. The van der Waals surface area contributed by atoms with E-state index in [1.54, 1.807) is 18.3 Å². The summed E-state index contributed by atoms with van der Waals surface area (Å²) in [6.07, 6.45) is 3.68. The first-order chi connectivity index (χ1) is 12.1. The topological polar surface area (TPSA) is 45.2 Å². The molecule has 2 heterocycles. The smallest absolute Gasteiger partial charge is 0.224 e. The number of aryl methyl sites for hydroxylation is 1. The van der Waals surface area contributed by atoms with Crippen molar-refractivity contribution in [1.29, 1.82) is 0 Å². The van der Waals surface area contributed by atoms with E-state index in [-0.39, 0.29) is 17.6 Å². The van der Waals surface area contributed by atoms with E-state index in [1.807, 2.05) is 25.1 Å². The second-order valence-electron chi connectivity index (χ2n) is 6.73. The Morgan fingerprint density at radius 2 is 2.20 bits per heavy atom. The van der Waals surface area contributed by atoms with Crippen molar-refractivity contribution < 1.29 is 9.18 Å². The fourth-order valence-corrected chi connectivity index (χ4v) is 3.24. The van der Waals surface area contributed by atoms with Gasteiger partial charge in [-0.25, -0.2) is 4.39 Å². The van der Waals surface area contributed by atoms with Gasteiger partial charge in [0.1, 0.15) is 5.82 Å². The van der Waals surface area contributed by atoms with Crippen LogP contribution in [0.1, 0.15) is 29.7 Å². The molecule has 0 unspecified atom stereocenters. The summed E-state index contributed by atoms with van der Waals surface area (Å²) in [6.45, 7) is 4.80. The van der Waals surface area contributed by atoms with Crippen LogP contribution in [0.5, 0.6) is 0 Å². The predicted molar refractivity (Wildman–Crippen MR) is 95.2 cm³/mol. The van der Waals surface area contributed by atoms with Crippen LogP contribution in [0.15, 0.2) is 42.6 Å². The number of carbonyl (C=O) groups excluding carboxylic acids is 1. The lowest BCUT2D eigenvalue weighted by molar-refractivity contribution is -0.126. The first kappa shape index (κ1) is 17.5. The third kappa shape index (κ3) is 5.10. The SMILES string of the molecule is Cc1ccc(CNC(=O)[C@@H]2CCCN(Cc3cccc(F)c3)C2)cn1. The molecule has 1 N–H and O–H groups in total. The monoisotopic (exact) mass is 341 g/mol. The highest BCUT2D eigenvalue weighted by Gasteiger charge is 2.25. The van der Waals surface area contributed by atoms with Crippen molar-refractivity contribution >= 4 is 5.91 Å². The van der Waals surface area contributed by atoms with Gasteiger partial charge in [0.2, 0.25) is 5.91 Å². The maximum Gasteiger partial charge on any atom is 0.224 e. The molecule has 132 valence electrons. The minimum absolute atomic E-state index is 0.0132. The van der Waals surface area contributed by atoms with Crippen molar-refractivity contribution in [1.82, 2.24) is 15.2 Å². The first-order valence-corrected chi connectivity index (χ1v) is 8.76. The van der Waals surface area contributed by atoms with Crippen LogP contribution in [-0.2, 0) is 17.9 Å². The number of benzene rings is 1. The molecule has 5 heteroatoms. The normalized spacial score (nSPS) is 18.1. The van der Waals surface area contributed by atoms with Gasteiger partial charge < -0.3 is 5.32 Å². The molecule has 1 aromatic heterocycles. The average molecular weight is 341 g/mol. The molecule has 0 saturated carbocycles. The highest BCUT2D eigenvalue weighted by Crippen LogP contribution is 2.19. The van der Waals surface area contributed by atoms with E-state index < -0.39 is 0 Å². The molecule has 2 aromatic rings. The molecule has 1 fully saturated rings. The number of nitrogens with one attached hydrogen (secondary N) is 1. The van der Waals surface area contributed by atoms with Gasteiger partial charge in [-0.15, -0.1) is 0 Å². The fraction of sp³-hybridized carbons (Fsp3) is 0.400. The van der Waals surface area contributed by atoms with Gasteiger partial charge in [-0.3, -0.25) is 14.7 Å². The minimum Gasteiger partial charge on any atom is -0.352 e. The van der Waals surface area contributed by atoms with Crippen molar-refractivity contribution in [3.05, 3.63) is 65.2 Å². The van der Waals surface area contributed by atoms with Gasteiger partial charge in [-0.2, -0.15) is 0 Å². The minimum atomic E-state index is -0.212. The van der Waals surface area contributed by atoms with E-state index in [9.17, 15) is 9.18 Å². The van der Waals surface area contributed by atoms with Gasteiger partial charge in [0, 0.05) is 31.5 Å². The van der Waals surface area contributed by atoms with Crippen LogP contribution < -0.4 is 5.32 Å². The number of hydrogen-bond donors (Lipinski definition) is 1. The molecule has 3 rings (SSSR count). The number of carbonyl (C=O) groups is 1. The second-order valence-corrected chi connectivity index (χ2v) is 6.73. The lowest BCUT2D eigenvalue weighted by Gasteiger charge is -2.32. The van der Waals surface area contributed by atoms with Crippen LogP contribution in [0.25, 0.3) is 0 Å². The largest absolute Gasteiger partial charge is 0.352 e. The number of aromatic nitrogens is 1. The molecular formula is C20H24FN3O. The van der Waals surface area contributed by atoms with E-state index in [0.29, 0.717) is 19.6 Å². The highest BCUT2D eigenvalue weighted by molar-refractivity contribution is 5.78. The van der Waals surface area contributed by atoms with E-state index >= 15 is 0 Å². The van der Waals surface area contributed by atoms with Gasteiger partial charge in [0.15, 0.2) is 0 Å². The second kappa shape index (κ2) is 8.21. The van der Waals surface area contributed by atoms with Gasteiger partial charge in [-0.1, -0.05) is 18.2 Å². The molecule has 0 aliphatic carbocycles. The number of hydrogen-bond acceptors (Lipinski definition) is 3. The molecule has 1 atom stereocenters. The molecule has 4 nitrogen and oxygen atoms in total. The zero-order valence-corrected chi connectivity index (χ0v) is 14.5. The molecule has 1 aliphatic rings. The Morgan fingerprint density at radius 3 is 2.96 bits per heavy atom. The highest BCUT2D eigenvalue weighted by atomic mass is 19.1.